The molecule has 0 bridgehead atoms. The number of hydrogen-bond acceptors (Lipinski definition) is 4. The van der Waals surface area contributed by atoms with Crippen molar-refractivity contribution >= 4 is 27.9 Å². The Labute approximate surface area is 86.3 Å². The summed E-state index contributed by atoms with van der Waals surface area (Å²) in [5.41, 5.74) is 11.3. The van der Waals surface area contributed by atoms with Gasteiger partial charge in [0, 0.05) is 6.04 Å². The van der Waals surface area contributed by atoms with E-state index >= 15 is 0 Å². The van der Waals surface area contributed by atoms with Crippen molar-refractivity contribution in [1.29, 1.82) is 0 Å². The van der Waals surface area contributed by atoms with E-state index in [4.69, 9.17) is 11.5 Å². The first-order chi connectivity index (χ1) is 6.66. The fourth-order valence-corrected chi connectivity index (χ4v) is 2.33. The summed E-state index contributed by atoms with van der Waals surface area (Å²) in [6.07, 6.45) is 3.68. The molecule has 1 heterocycles. The third-order valence-corrected chi connectivity index (χ3v) is 3.53. The van der Waals surface area contributed by atoms with Crippen LogP contribution in [0.3, 0.4) is 0 Å². The van der Waals surface area contributed by atoms with E-state index in [0.717, 1.165) is 5.00 Å². The SMILES string of the molecule is NC(=O)c1sc(NC2CCC2)cc1N. The number of amides is 1. The van der Waals surface area contributed by atoms with Crippen molar-refractivity contribution in [2.45, 2.75) is 25.3 Å². The van der Waals surface area contributed by atoms with Crippen LogP contribution in [0.4, 0.5) is 10.7 Å². The predicted octanol–water partition coefficient (Wildman–Crippen LogP) is 1.39. The van der Waals surface area contributed by atoms with Gasteiger partial charge in [-0.15, -0.1) is 11.3 Å². The molecule has 5 heteroatoms. The molecule has 1 aromatic rings. The van der Waals surface area contributed by atoms with E-state index in [0.29, 0.717) is 16.6 Å². The van der Waals surface area contributed by atoms with Crippen molar-refractivity contribution in [3.8, 4) is 0 Å². The van der Waals surface area contributed by atoms with Crippen molar-refractivity contribution in [3.05, 3.63) is 10.9 Å². The minimum Gasteiger partial charge on any atom is -0.397 e. The van der Waals surface area contributed by atoms with E-state index in [2.05, 4.69) is 5.32 Å². The molecule has 1 amide bonds. The van der Waals surface area contributed by atoms with E-state index in [1.807, 2.05) is 0 Å². The molecule has 0 aromatic carbocycles. The lowest BCUT2D eigenvalue weighted by molar-refractivity contribution is 0.100. The second kappa shape index (κ2) is 3.49. The highest BCUT2D eigenvalue weighted by atomic mass is 32.1. The summed E-state index contributed by atoms with van der Waals surface area (Å²) >= 11 is 1.33. The molecule has 76 valence electrons. The van der Waals surface area contributed by atoms with Crippen molar-refractivity contribution < 1.29 is 4.79 Å². The summed E-state index contributed by atoms with van der Waals surface area (Å²) in [6.45, 7) is 0. The maximum absolute atomic E-state index is 10.9. The van der Waals surface area contributed by atoms with E-state index < -0.39 is 5.91 Å². The van der Waals surface area contributed by atoms with Crippen LogP contribution in [0.25, 0.3) is 0 Å². The Kier molecular flexibility index (Phi) is 2.33. The van der Waals surface area contributed by atoms with Crippen LogP contribution in [0.5, 0.6) is 0 Å². The van der Waals surface area contributed by atoms with Crippen LogP contribution in [0.15, 0.2) is 6.07 Å². The van der Waals surface area contributed by atoms with Gasteiger partial charge in [0.2, 0.25) is 0 Å². The smallest absolute Gasteiger partial charge is 0.260 e. The number of nitrogens with one attached hydrogen (secondary N) is 1. The summed E-state index contributed by atoms with van der Waals surface area (Å²) in [4.78, 5) is 11.4. The quantitative estimate of drug-likeness (QED) is 0.706. The van der Waals surface area contributed by atoms with Gasteiger partial charge < -0.3 is 16.8 Å². The zero-order valence-electron chi connectivity index (χ0n) is 7.75. The lowest BCUT2D eigenvalue weighted by Crippen LogP contribution is -2.26. The monoisotopic (exact) mass is 211 g/mol. The summed E-state index contributed by atoms with van der Waals surface area (Å²) in [5, 5.41) is 4.27. The fourth-order valence-electron chi connectivity index (χ4n) is 1.42. The third-order valence-electron chi connectivity index (χ3n) is 2.44. The van der Waals surface area contributed by atoms with Crippen LogP contribution >= 0.6 is 11.3 Å². The van der Waals surface area contributed by atoms with Gasteiger partial charge in [-0.05, 0) is 25.3 Å². The maximum Gasteiger partial charge on any atom is 0.260 e. The van der Waals surface area contributed by atoms with E-state index in [1.54, 1.807) is 6.07 Å². The number of nitrogen functional groups attached to an aromatic ring is 1. The topological polar surface area (TPSA) is 81.1 Å². The molecular formula is C9H13N3OS. The van der Waals surface area contributed by atoms with E-state index in [-0.39, 0.29) is 0 Å². The van der Waals surface area contributed by atoms with Gasteiger partial charge in [0.05, 0.1) is 10.7 Å². The molecule has 0 atom stereocenters. The molecule has 5 N–H and O–H groups in total. The largest absolute Gasteiger partial charge is 0.397 e. The average Bonchev–Trinajstić information content (AvgIpc) is 2.39. The highest BCUT2D eigenvalue weighted by molar-refractivity contribution is 7.18. The molecule has 1 aliphatic rings. The number of carbonyl (C=O) groups excluding carboxylic acids is 1. The first-order valence-corrected chi connectivity index (χ1v) is 5.44. The first-order valence-electron chi connectivity index (χ1n) is 4.62. The number of anilines is 2. The van der Waals surface area contributed by atoms with Crippen LogP contribution in [0, 0.1) is 0 Å². The van der Waals surface area contributed by atoms with Crippen LogP contribution in [-0.2, 0) is 0 Å². The second-order valence-corrected chi connectivity index (χ2v) is 4.58. The number of primary amides is 1. The fraction of sp³-hybridized carbons (Fsp3) is 0.444. The van der Waals surface area contributed by atoms with Gasteiger partial charge in [0.25, 0.3) is 5.91 Å². The lowest BCUT2D eigenvalue weighted by Gasteiger charge is -2.26. The molecule has 0 radical (unpaired) electrons. The number of nitrogens with two attached hydrogens (primary N) is 2. The Balaban J connectivity index is 2.10. The summed E-state index contributed by atoms with van der Waals surface area (Å²) in [5.74, 6) is -0.450. The van der Waals surface area contributed by atoms with Crippen molar-refractivity contribution in [2.75, 3.05) is 11.1 Å². The normalized spacial score (nSPS) is 16.3. The van der Waals surface area contributed by atoms with E-state index in [1.165, 1.54) is 30.6 Å². The Morgan fingerprint density at radius 3 is 2.71 bits per heavy atom. The molecule has 0 aliphatic heterocycles. The Hall–Kier alpha value is -1.23. The molecule has 4 nitrogen and oxygen atoms in total. The molecule has 1 saturated carbocycles. The molecule has 0 spiro atoms. The molecule has 0 saturated heterocycles. The summed E-state index contributed by atoms with van der Waals surface area (Å²) in [7, 11) is 0. The zero-order valence-corrected chi connectivity index (χ0v) is 8.56. The highest BCUT2D eigenvalue weighted by Gasteiger charge is 2.19. The van der Waals surface area contributed by atoms with Crippen LogP contribution in [0.1, 0.15) is 28.9 Å². The van der Waals surface area contributed by atoms with Crippen molar-refractivity contribution in [3.63, 3.8) is 0 Å². The highest BCUT2D eigenvalue weighted by Crippen LogP contribution is 2.32. The van der Waals surface area contributed by atoms with Gasteiger partial charge in [-0.2, -0.15) is 0 Å². The van der Waals surface area contributed by atoms with E-state index in [9.17, 15) is 4.79 Å². The minimum atomic E-state index is -0.450. The standard InChI is InChI=1S/C9H13N3OS/c10-6-4-7(12-5-2-1-3-5)14-8(6)9(11)13/h4-5,12H,1-3,10H2,(H2,11,13). The first kappa shape index (κ1) is 9.33. The van der Waals surface area contributed by atoms with Gasteiger partial charge in [-0.25, -0.2) is 0 Å². The molecular weight excluding hydrogens is 198 g/mol. The van der Waals surface area contributed by atoms with Gasteiger partial charge in [0.1, 0.15) is 4.88 Å². The molecule has 1 aliphatic carbocycles. The predicted molar refractivity (Wildman–Crippen MR) is 58.5 cm³/mol. The van der Waals surface area contributed by atoms with Gasteiger partial charge >= 0.3 is 0 Å². The van der Waals surface area contributed by atoms with Gasteiger partial charge in [-0.3, -0.25) is 4.79 Å². The van der Waals surface area contributed by atoms with Crippen LogP contribution < -0.4 is 16.8 Å². The van der Waals surface area contributed by atoms with Gasteiger partial charge in [0.15, 0.2) is 0 Å². The van der Waals surface area contributed by atoms with Crippen LogP contribution in [0.2, 0.25) is 0 Å². The molecule has 1 fully saturated rings. The summed E-state index contributed by atoms with van der Waals surface area (Å²) < 4.78 is 0. The lowest BCUT2D eigenvalue weighted by atomic mass is 9.93. The number of thiophene rings is 1. The molecule has 1 aromatic heterocycles. The summed E-state index contributed by atoms with van der Waals surface area (Å²) in [6, 6.07) is 2.33. The average molecular weight is 211 g/mol. The zero-order chi connectivity index (χ0) is 10.1. The number of hydrogen-bond donors (Lipinski definition) is 3. The Bertz CT molecular complexity index is 357. The Morgan fingerprint density at radius 1 is 1.57 bits per heavy atom. The maximum atomic E-state index is 10.9. The van der Waals surface area contributed by atoms with Gasteiger partial charge in [-0.1, -0.05) is 0 Å². The number of rotatable bonds is 3. The number of carbonyl (C=O) groups is 1. The Morgan fingerprint density at radius 2 is 2.29 bits per heavy atom. The van der Waals surface area contributed by atoms with Crippen molar-refractivity contribution in [1.82, 2.24) is 0 Å². The minimum absolute atomic E-state index is 0.450. The third kappa shape index (κ3) is 1.68. The van der Waals surface area contributed by atoms with Crippen LogP contribution in [-0.4, -0.2) is 11.9 Å². The molecule has 2 rings (SSSR count). The van der Waals surface area contributed by atoms with Crippen molar-refractivity contribution in [2.24, 2.45) is 5.73 Å². The molecule has 0 unspecified atom stereocenters. The molecule has 14 heavy (non-hydrogen) atoms. The second-order valence-electron chi connectivity index (χ2n) is 3.53.